The minimum Gasteiger partial charge on any atom is -0.322 e. The van der Waals surface area contributed by atoms with Gasteiger partial charge in [0.25, 0.3) is 5.91 Å². The second-order valence-electron chi connectivity index (χ2n) is 10.5. The summed E-state index contributed by atoms with van der Waals surface area (Å²) in [7, 11) is 0. The van der Waals surface area contributed by atoms with Crippen molar-refractivity contribution in [1.82, 2.24) is 15.5 Å². The summed E-state index contributed by atoms with van der Waals surface area (Å²) in [5.74, 6) is -2.90. The van der Waals surface area contributed by atoms with Gasteiger partial charge < -0.3 is 10.2 Å². The van der Waals surface area contributed by atoms with Crippen molar-refractivity contribution < 1.29 is 23.2 Å². The molecule has 34 heavy (non-hydrogen) atoms. The molecular formula is C26H33F2N3O3. The first-order chi connectivity index (χ1) is 16.3. The highest BCUT2D eigenvalue weighted by Crippen LogP contribution is 2.36. The predicted octanol–water partition coefficient (Wildman–Crippen LogP) is 3.72. The van der Waals surface area contributed by atoms with E-state index in [4.69, 9.17) is 0 Å². The molecule has 2 saturated carbocycles. The van der Waals surface area contributed by atoms with E-state index in [0.717, 1.165) is 31.2 Å². The highest BCUT2D eigenvalue weighted by atomic mass is 19.3. The number of halogens is 2. The fourth-order valence-electron chi connectivity index (χ4n) is 6.24. The Bertz CT molecular complexity index is 972. The van der Waals surface area contributed by atoms with Crippen molar-refractivity contribution in [2.75, 3.05) is 0 Å². The van der Waals surface area contributed by atoms with Gasteiger partial charge in [-0.25, -0.2) is 8.78 Å². The highest BCUT2D eigenvalue weighted by Gasteiger charge is 2.40. The van der Waals surface area contributed by atoms with Crippen LogP contribution in [0.1, 0.15) is 85.7 Å². The van der Waals surface area contributed by atoms with Crippen LogP contribution in [0.2, 0.25) is 0 Å². The first-order valence-corrected chi connectivity index (χ1v) is 12.7. The molecule has 6 nitrogen and oxygen atoms in total. The zero-order valence-electron chi connectivity index (χ0n) is 19.5. The van der Waals surface area contributed by atoms with E-state index in [1.54, 1.807) is 4.90 Å². The molecule has 3 fully saturated rings. The SMILES string of the molecule is O=C1CC[C@H](N2Cc3cc(C[C@H]4CCCC[C@@H]4NC4CCC(F)(F)CC4)ccc3C2=O)C(=O)N1. The van der Waals surface area contributed by atoms with E-state index in [1.807, 2.05) is 12.1 Å². The van der Waals surface area contributed by atoms with Crippen LogP contribution in [0, 0.1) is 5.92 Å². The molecule has 0 spiro atoms. The Morgan fingerprint density at radius 3 is 2.56 bits per heavy atom. The summed E-state index contributed by atoms with van der Waals surface area (Å²) in [6.45, 7) is 0.386. The van der Waals surface area contributed by atoms with Crippen LogP contribution >= 0.6 is 0 Å². The molecule has 5 rings (SSSR count). The van der Waals surface area contributed by atoms with Crippen LogP contribution in [0.3, 0.4) is 0 Å². The van der Waals surface area contributed by atoms with Crippen molar-refractivity contribution in [3.8, 4) is 0 Å². The smallest absolute Gasteiger partial charge is 0.255 e. The summed E-state index contributed by atoms with van der Waals surface area (Å²) in [6, 6.07) is 5.87. The summed E-state index contributed by atoms with van der Waals surface area (Å²) in [5.41, 5.74) is 2.74. The fraction of sp³-hybridized carbons (Fsp3) is 0.654. The number of amides is 3. The molecule has 0 radical (unpaired) electrons. The van der Waals surface area contributed by atoms with Gasteiger partial charge in [0.05, 0.1) is 0 Å². The molecule has 1 aromatic carbocycles. The van der Waals surface area contributed by atoms with Crippen LogP contribution in [0.25, 0.3) is 0 Å². The number of fused-ring (bicyclic) bond motifs is 1. The first kappa shape index (κ1) is 23.4. The average Bonchev–Trinajstić information content (AvgIpc) is 3.12. The second-order valence-corrected chi connectivity index (χ2v) is 10.5. The van der Waals surface area contributed by atoms with Gasteiger partial charge in [-0.3, -0.25) is 19.7 Å². The maximum Gasteiger partial charge on any atom is 0.255 e. The molecule has 1 saturated heterocycles. The lowest BCUT2D eigenvalue weighted by atomic mass is 9.79. The van der Waals surface area contributed by atoms with E-state index < -0.39 is 17.9 Å². The molecule has 0 bridgehead atoms. The predicted molar refractivity (Wildman–Crippen MR) is 122 cm³/mol. The Labute approximate surface area is 198 Å². The van der Waals surface area contributed by atoms with E-state index in [9.17, 15) is 23.2 Å². The van der Waals surface area contributed by atoms with Gasteiger partial charge in [-0.15, -0.1) is 0 Å². The second kappa shape index (κ2) is 9.36. The van der Waals surface area contributed by atoms with E-state index in [2.05, 4.69) is 16.7 Å². The number of imide groups is 1. The molecule has 8 heteroatoms. The molecule has 2 aliphatic heterocycles. The number of alkyl halides is 2. The lowest BCUT2D eigenvalue weighted by Gasteiger charge is -2.38. The van der Waals surface area contributed by atoms with Crippen molar-refractivity contribution in [2.45, 2.75) is 101 Å². The molecular weight excluding hydrogens is 440 g/mol. The lowest BCUT2D eigenvalue weighted by Crippen LogP contribution is -2.52. The molecule has 3 amide bonds. The number of carbonyl (C=O) groups excluding carboxylic acids is 3. The summed E-state index contributed by atoms with van der Waals surface area (Å²) in [5, 5.41) is 6.06. The quantitative estimate of drug-likeness (QED) is 0.639. The third-order valence-electron chi connectivity index (χ3n) is 8.16. The Morgan fingerprint density at radius 1 is 1.03 bits per heavy atom. The van der Waals surface area contributed by atoms with Crippen molar-refractivity contribution >= 4 is 17.7 Å². The van der Waals surface area contributed by atoms with Crippen LogP contribution in [-0.4, -0.2) is 46.7 Å². The van der Waals surface area contributed by atoms with E-state index in [1.165, 1.54) is 12.0 Å². The van der Waals surface area contributed by atoms with Gasteiger partial charge in [-0.1, -0.05) is 25.0 Å². The maximum atomic E-state index is 13.5. The number of hydrogen-bond donors (Lipinski definition) is 2. The van der Waals surface area contributed by atoms with Crippen LogP contribution < -0.4 is 10.6 Å². The van der Waals surface area contributed by atoms with E-state index >= 15 is 0 Å². The molecule has 2 N–H and O–H groups in total. The first-order valence-electron chi connectivity index (χ1n) is 12.7. The summed E-state index contributed by atoms with van der Waals surface area (Å²) in [6.07, 6.45) is 7.05. The van der Waals surface area contributed by atoms with Crippen molar-refractivity contribution in [3.63, 3.8) is 0 Å². The van der Waals surface area contributed by atoms with Gasteiger partial charge in [0.2, 0.25) is 17.7 Å². The van der Waals surface area contributed by atoms with Crippen molar-refractivity contribution in [2.24, 2.45) is 5.92 Å². The third kappa shape index (κ3) is 4.88. The highest BCUT2D eigenvalue weighted by molar-refractivity contribution is 6.05. The number of rotatable bonds is 5. The number of nitrogens with one attached hydrogen (secondary N) is 2. The molecule has 184 valence electrons. The topological polar surface area (TPSA) is 78.5 Å². The standard InChI is InChI=1S/C26H33F2N3O3/c27-26(28)11-9-19(10-12-26)29-21-4-2-1-3-17(21)13-16-5-6-20-18(14-16)15-31(25(20)34)22-7-8-23(32)30-24(22)33/h5-6,14,17,19,21-22,29H,1-4,7-13,15H2,(H,30,32,33)/t17-,21+,22+/m1/s1. The zero-order chi connectivity index (χ0) is 23.9. The lowest BCUT2D eigenvalue weighted by molar-refractivity contribution is -0.136. The minimum absolute atomic E-state index is 0.0232. The van der Waals surface area contributed by atoms with E-state index in [0.29, 0.717) is 43.3 Å². The number of benzene rings is 1. The third-order valence-corrected chi connectivity index (χ3v) is 8.16. The average molecular weight is 474 g/mol. The van der Waals surface area contributed by atoms with Crippen LogP contribution in [0.15, 0.2) is 18.2 Å². The maximum absolute atomic E-state index is 13.5. The number of nitrogens with zero attached hydrogens (tertiary/aromatic N) is 1. The van der Waals surface area contributed by atoms with Crippen LogP contribution in [-0.2, 0) is 22.6 Å². The number of hydrogen-bond acceptors (Lipinski definition) is 4. The molecule has 1 aromatic rings. The summed E-state index contributed by atoms with van der Waals surface area (Å²) >= 11 is 0. The Kier molecular flexibility index (Phi) is 6.44. The van der Waals surface area contributed by atoms with Crippen molar-refractivity contribution in [3.05, 3.63) is 34.9 Å². The molecule has 2 heterocycles. The largest absolute Gasteiger partial charge is 0.322 e. The summed E-state index contributed by atoms with van der Waals surface area (Å²) < 4.78 is 27.1. The monoisotopic (exact) mass is 473 g/mol. The van der Waals surface area contributed by atoms with Crippen LogP contribution in [0.4, 0.5) is 8.78 Å². The van der Waals surface area contributed by atoms with Gasteiger partial charge in [0.15, 0.2) is 0 Å². The van der Waals surface area contributed by atoms with Crippen LogP contribution in [0.5, 0.6) is 0 Å². The van der Waals surface area contributed by atoms with Gasteiger partial charge in [-0.2, -0.15) is 0 Å². The van der Waals surface area contributed by atoms with Gasteiger partial charge in [0.1, 0.15) is 6.04 Å². The summed E-state index contributed by atoms with van der Waals surface area (Å²) in [4.78, 5) is 38.3. The van der Waals surface area contributed by atoms with Crippen molar-refractivity contribution in [1.29, 1.82) is 0 Å². The Hall–Kier alpha value is -2.35. The fourth-order valence-corrected chi connectivity index (χ4v) is 6.24. The molecule has 0 unspecified atom stereocenters. The van der Waals surface area contributed by atoms with Gasteiger partial charge in [0, 0.05) is 43.5 Å². The molecule has 2 aliphatic carbocycles. The minimum atomic E-state index is -2.51. The Morgan fingerprint density at radius 2 is 1.79 bits per heavy atom. The van der Waals surface area contributed by atoms with Gasteiger partial charge >= 0.3 is 0 Å². The Balaban J connectivity index is 1.24. The molecule has 4 aliphatic rings. The number of carbonyl (C=O) groups is 3. The van der Waals surface area contributed by atoms with E-state index in [-0.39, 0.29) is 37.1 Å². The van der Waals surface area contributed by atoms with Gasteiger partial charge in [-0.05, 0) is 61.6 Å². The normalized spacial score (nSPS) is 29.8. The molecule has 3 atom stereocenters. The number of piperidine rings is 1. The molecule has 0 aromatic heterocycles. The zero-order valence-corrected chi connectivity index (χ0v) is 19.5.